The molecule has 4 nitrogen and oxygen atoms in total. The molecule has 0 aliphatic heterocycles. The van der Waals surface area contributed by atoms with E-state index in [1.54, 1.807) is 24.3 Å². The molecule has 140 valence electrons. The summed E-state index contributed by atoms with van der Waals surface area (Å²) in [6.07, 6.45) is -4.60. The molecule has 0 bridgehead atoms. The van der Waals surface area contributed by atoms with E-state index in [2.05, 4.69) is 0 Å². The molecule has 0 atom stereocenters. The van der Waals surface area contributed by atoms with Crippen molar-refractivity contribution in [3.8, 4) is 0 Å². The molecule has 27 heavy (non-hydrogen) atoms. The summed E-state index contributed by atoms with van der Waals surface area (Å²) < 4.78 is 64.1. The number of benzene rings is 3. The minimum atomic E-state index is -4.60. The normalized spacial score (nSPS) is 12.3. The minimum absolute atomic E-state index is 0.0747. The summed E-state index contributed by atoms with van der Waals surface area (Å²) in [6.45, 7) is 0. The Bertz CT molecular complexity index is 1140. The van der Waals surface area contributed by atoms with E-state index in [0.29, 0.717) is 10.8 Å². The lowest BCUT2D eigenvalue weighted by Gasteiger charge is -2.12. The van der Waals surface area contributed by atoms with Crippen molar-refractivity contribution in [1.29, 1.82) is 0 Å². The molecule has 0 radical (unpaired) electrons. The molecule has 0 amide bonds. The maximum Gasteiger partial charge on any atom is 0.416 e. The van der Waals surface area contributed by atoms with E-state index in [1.807, 2.05) is 0 Å². The molecule has 1 N–H and O–H groups in total. The molecule has 0 fully saturated rings. The Morgan fingerprint density at radius 3 is 2.15 bits per heavy atom. The Kier molecular flexibility index (Phi) is 4.69. The zero-order valence-electron chi connectivity index (χ0n) is 13.7. The van der Waals surface area contributed by atoms with Gasteiger partial charge in [-0.3, -0.25) is 0 Å². The van der Waals surface area contributed by atoms with Gasteiger partial charge in [-0.25, -0.2) is 13.2 Å². The molecule has 0 saturated heterocycles. The van der Waals surface area contributed by atoms with Gasteiger partial charge in [-0.2, -0.15) is 13.2 Å². The van der Waals surface area contributed by atoms with Gasteiger partial charge < -0.3 is 5.11 Å². The Morgan fingerprint density at radius 1 is 0.926 bits per heavy atom. The second-order valence-corrected chi connectivity index (χ2v) is 7.92. The molecule has 0 unspecified atom stereocenters. The number of hydrogen-bond donors (Lipinski definition) is 1. The van der Waals surface area contributed by atoms with Crippen molar-refractivity contribution >= 4 is 26.6 Å². The number of carboxylic acids is 1. The van der Waals surface area contributed by atoms with Gasteiger partial charge in [-0.05, 0) is 34.5 Å². The van der Waals surface area contributed by atoms with Crippen LogP contribution in [-0.4, -0.2) is 19.5 Å². The van der Waals surface area contributed by atoms with Crippen LogP contribution in [0, 0.1) is 0 Å². The highest BCUT2D eigenvalue weighted by molar-refractivity contribution is 7.90. The standard InChI is InChI=1S/C19H13F3O4S/c20-19(21,22)15-7-3-4-12(8-15)11-27(25,26)17-10-14-6-2-1-5-13(14)9-16(17)18(23)24/h1-10H,11H2,(H,23,24). The van der Waals surface area contributed by atoms with Gasteiger partial charge in [0.25, 0.3) is 0 Å². The van der Waals surface area contributed by atoms with Gasteiger partial charge in [-0.15, -0.1) is 0 Å². The Morgan fingerprint density at radius 2 is 1.56 bits per heavy atom. The first kappa shape index (κ1) is 18.9. The number of rotatable bonds is 4. The number of carbonyl (C=O) groups is 1. The predicted octanol–water partition coefficient (Wildman–Crippen LogP) is 4.53. The molecule has 0 aliphatic carbocycles. The highest BCUT2D eigenvalue weighted by Gasteiger charge is 2.31. The number of hydrogen-bond acceptors (Lipinski definition) is 3. The summed E-state index contributed by atoms with van der Waals surface area (Å²) in [6, 6.07) is 13.1. The molecule has 0 heterocycles. The average molecular weight is 394 g/mol. The van der Waals surface area contributed by atoms with Gasteiger partial charge in [0.2, 0.25) is 0 Å². The van der Waals surface area contributed by atoms with Crippen molar-refractivity contribution in [1.82, 2.24) is 0 Å². The topological polar surface area (TPSA) is 71.4 Å². The van der Waals surface area contributed by atoms with Crippen LogP contribution in [0.1, 0.15) is 21.5 Å². The molecule has 3 rings (SSSR count). The summed E-state index contributed by atoms with van der Waals surface area (Å²) in [5, 5.41) is 10.5. The van der Waals surface area contributed by atoms with E-state index < -0.39 is 43.8 Å². The van der Waals surface area contributed by atoms with Crippen molar-refractivity contribution in [2.75, 3.05) is 0 Å². The highest BCUT2D eigenvalue weighted by Crippen LogP contribution is 2.31. The van der Waals surface area contributed by atoms with Crippen molar-refractivity contribution in [3.63, 3.8) is 0 Å². The number of sulfone groups is 1. The monoisotopic (exact) mass is 394 g/mol. The Labute approximate surface area is 152 Å². The van der Waals surface area contributed by atoms with Crippen molar-refractivity contribution in [2.45, 2.75) is 16.8 Å². The lowest BCUT2D eigenvalue weighted by molar-refractivity contribution is -0.137. The van der Waals surface area contributed by atoms with Crippen LogP contribution in [0.5, 0.6) is 0 Å². The lowest BCUT2D eigenvalue weighted by Crippen LogP contribution is -2.12. The quantitative estimate of drug-likeness (QED) is 0.706. The van der Waals surface area contributed by atoms with Crippen LogP contribution < -0.4 is 0 Å². The molecule has 8 heteroatoms. The zero-order chi connectivity index (χ0) is 19.8. The van der Waals surface area contributed by atoms with Crippen LogP contribution in [-0.2, 0) is 21.8 Å². The molecule has 0 aromatic heterocycles. The average Bonchev–Trinajstić information content (AvgIpc) is 2.59. The Hall–Kier alpha value is -2.87. The first-order chi connectivity index (χ1) is 12.6. The maximum atomic E-state index is 12.8. The van der Waals surface area contributed by atoms with E-state index in [9.17, 15) is 31.5 Å². The van der Waals surface area contributed by atoms with Gasteiger partial charge in [0.1, 0.15) is 0 Å². The fourth-order valence-corrected chi connectivity index (χ4v) is 4.34. The van der Waals surface area contributed by atoms with Crippen molar-refractivity contribution in [3.05, 3.63) is 77.4 Å². The van der Waals surface area contributed by atoms with Crippen LogP contribution in [0.4, 0.5) is 13.2 Å². The molecule has 3 aromatic rings. The van der Waals surface area contributed by atoms with E-state index in [1.165, 1.54) is 18.2 Å². The molecule has 0 spiro atoms. The summed E-state index contributed by atoms with van der Waals surface area (Å²) in [5.74, 6) is -2.17. The van der Waals surface area contributed by atoms with Crippen molar-refractivity contribution < 1.29 is 31.5 Å². The number of carboxylic acid groups (broad SMARTS) is 1. The van der Waals surface area contributed by atoms with Gasteiger partial charge in [0.05, 0.1) is 21.8 Å². The van der Waals surface area contributed by atoms with Crippen LogP contribution in [0.25, 0.3) is 10.8 Å². The molecule has 0 saturated carbocycles. The van der Waals surface area contributed by atoms with Crippen LogP contribution >= 0.6 is 0 Å². The summed E-state index contributed by atoms with van der Waals surface area (Å²) in [5.41, 5.74) is -1.46. The third-order valence-electron chi connectivity index (χ3n) is 4.02. The second-order valence-electron chi connectivity index (χ2n) is 5.96. The Balaban J connectivity index is 2.10. The first-order valence-corrected chi connectivity index (χ1v) is 9.38. The third kappa shape index (κ3) is 3.95. The lowest BCUT2D eigenvalue weighted by atomic mass is 10.1. The smallest absolute Gasteiger partial charge is 0.416 e. The molecular weight excluding hydrogens is 381 g/mol. The minimum Gasteiger partial charge on any atom is -0.478 e. The maximum absolute atomic E-state index is 12.8. The number of alkyl halides is 3. The number of halogens is 3. The van der Waals surface area contributed by atoms with Crippen LogP contribution in [0.3, 0.4) is 0 Å². The zero-order valence-corrected chi connectivity index (χ0v) is 14.5. The van der Waals surface area contributed by atoms with Crippen LogP contribution in [0.2, 0.25) is 0 Å². The summed E-state index contributed by atoms with van der Waals surface area (Å²) >= 11 is 0. The SMILES string of the molecule is O=C(O)c1cc2ccccc2cc1S(=O)(=O)Cc1cccc(C(F)(F)F)c1. The van der Waals surface area contributed by atoms with E-state index >= 15 is 0 Å². The molecular formula is C19H13F3O4S. The van der Waals surface area contributed by atoms with E-state index in [-0.39, 0.29) is 5.56 Å². The van der Waals surface area contributed by atoms with Gasteiger partial charge in [-0.1, -0.05) is 42.5 Å². The largest absolute Gasteiger partial charge is 0.478 e. The second kappa shape index (κ2) is 6.70. The van der Waals surface area contributed by atoms with Gasteiger partial charge >= 0.3 is 12.1 Å². The van der Waals surface area contributed by atoms with Crippen LogP contribution in [0.15, 0.2) is 65.6 Å². The van der Waals surface area contributed by atoms with Gasteiger partial charge in [0, 0.05) is 0 Å². The predicted molar refractivity (Wildman–Crippen MR) is 93.2 cm³/mol. The third-order valence-corrected chi connectivity index (χ3v) is 5.75. The van der Waals surface area contributed by atoms with E-state index in [4.69, 9.17) is 0 Å². The highest BCUT2D eigenvalue weighted by atomic mass is 32.2. The molecule has 0 aliphatic rings. The van der Waals surface area contributed by atoms with Gasteiger partial charge in [0.15, 0.2) is 9.84 Å². The van der Waals surface area contributed by atoms with Crippen molar-refractivity contribution in [2.24, 2.45) is 0 Å². The van der Waals surface area contributed by atoms with E-state index in [0.717, 1.165) is 18.2 Å². The number of fused-ring (bicyclic) bond motifs is 1. The summed E-state index contributed by atoms with van der Waals surface area (Å²) in [4.78, 5) is 11.1. The molecule has 3 aromatic carbocycles. The fraction of sp³-hybridized carbons (Fsp3) is 0.105. The number of aromatic carboxylic acids is 1. The fourth-order valence-electron chi connectivity index (χ4n) is 2.78. The summed E-state index contributed by atoms with van der Waals surface area (Å²) in [7, 11) is -4.19. The first-order valence-electron chi connectivity index (χ1n) is 7.73.